The van der Waals surface area contributed by atoms with Crippen molar-refractivity contribution in [1.82, 2.24) is 10.9 Å². The second-order valence-electron chi connectivity index (χ2n) is 7.13. The van der Waals surface area contributed by atoms with Gasteiger partial charge in [-0.15, -0.1) is 0 Å². The van der Waals surface area contributed by atoms with Crippen LogP contribution in [0.25, 0.3) is 0 Å². The highest BCUT2D eigenvalue weighted by molar-refractivity contribution is 5.89. The quantitative estimate of drug-likeness (QED) is 0.614. The zero-order valence-corrected chi connectivity index (χ0v) is 12.2. The predicted octanol–water partition coefficient (Wildman–Crippen LogP) is 2.32. The summed E-state index contributed by atoms with van der Waals surface area (Å²) in [7, 11) is 0. The summed E-state index contributed by atoms with van der Waals surface area (Å²) in [6.07, 6.45) is 11.5. The molecule has 4 saturated carbocycles. The molecule has 0 aromatic heterocycles. The van der Waals surface area contributed by atoms with Crippen LogP contribution in [0, 0.1) is 23.2 Å². The Kier molecular flexibility index (Phi) is 3.57. The molecule has 0 aromatic rings. The molecule has 4 bridgehead atoms. The van der Waals surface area contributed by atoms with Gasteiger partial charge < -0.3 is 0 Å². The van der Waals surface area contributed by atoms with Gasteiger partial charge >= 0.3 is 0 Å². The molecule has 4 heteroatoms. The van der Waals surface area contributed by atoms with Crippen LogP contribution in [-0.4, -0.2) is 11.8 Å². The van der Waals surface area contributed by atoms with E-state index in [-0.39, 0.29) is 17.2 Å². The molecule has 0 heterocycles. The number of allylic oxidation sites excluding steroid dienone is 1. The normalized spacial score (nSPS) is 38.1. The molecule has 0 unspecified atom stereocenters. The molecule has 110 valence electrons. The topological polar surface area (TPSA) is 58.2 Å². The van der Waals surface area contributed by atoms with Crippen molar-refractivity contribution in [1.29, 1.82) is 0 Å². The number of rotatable bonds is 3. The summed E-state index contributed by atoms with van der Waals surface area (Å²) in [6, 6.07) is 0. The highest BCUT2D eigenvalue weighted by Crippen LogP contribution is 2.61. The van der Waals surface area contributed by atoms with E-state index in [0.717, 1.165) is 17.8 Å². The molecule has 0 aromatic carbocycles. The minimum Gasteiger partial charge on any atom is -0.273 e. The number of amides is 2. The zero-order valence-electron chi connectivity index (χ0n) is 12.2. The van der Waals surface area contributed by atoms with Gasteiger partial charge in [0.05, 0.1) is 0 Å². The van der Waals surface area contributed by atoms with E-state index in [1.165, 1.54) is 44.6 Å². The lowest BCUT2D eigenvalue weighted by atomic mass is 9.49. The van der Waals surface area contributed by atoms with Gasteiger partial charge in [-0.25, -0.2) is 0 Å². The summed E-state index contributed by atoms with van der Waals surface area (Å²) < 4.78 is 0. The third-order valence-electron chi connectivity index (χ3n) is 5.34. The first-order chi connectivity index (χ1) is 9.58. The molecule has 4 fully saturated rings. The summed E-state index contributed by atoms with van der Waals surface area (Å²) in [4.78, 5) is 23.4. The van der Waals surface area contributed by atoms with Crippen LogP contribution in [0.15, 0.2) is 12.2 Å². The van der Waals surface area contributed by atoms with Gasteiger partial charge in [0.2, 0.25) is 5.91 Å². The SMILES string of the molecule is CC=CC(=O)NNC(=O)CC12CC3CC(CC(C3)C1)C2. The van der Waals surface area contributed by atoms with Crippen molar-refractivity contribution in [3.05, 3.63) is 12.2 Å². The first kappa shape index (κ1) is 13.7. The summed E-state index contributed by atoms with van der Waals surface area (Å²) >= 11 is 0. The van der Waals surface area contributed by atoms with Gasteiger partial charge in [-0.3, -0.25) is 20.4 Å². The van der Waals surface area contributed by atoms with Crippen LogP contribution < -0.4 is 10.9 Å². The van der Waals surface area contributed by atoms with Crippen molar-refractivity contribution in [3.8, 4) is 0 Å². The van der Waals surface area contributed by atoms with E-state index in [1.54, 1.807) is 13.0 Å². The van der Waals surface area contributed by atoms with E-state index < -0.39 is 0 Å². The molecule has 2 amide bonds. The van der Waals surface area contributed by atoms with Gasteiger partial charge in [0.25, 0.3) is 5.91 Å². The highest BCUT2D eigenvalue weighted by atomic mass is 16.2. The maximum atomic E-state index is 12.1. The van der Waals surface area contributed by atoms with Crippen LogP contribution in [0.4, 0.5) is 0 Å². The minimum absolute atomic E-state index is 0.0372. The molecule has 0 spiro atoms. The number of hydrogen-bond acceptors (Lipinski definition) is 2. The molecule has 4 aliphatic rings. The van der Waals surface area contributed by atoms with Crippen molar-refractivity contribution >= 4 is 11.8 Å². The van der Waals surface area contributed by atoms with Crippen LogP contribution >= 0.6 is 0 Å². The lowest BCUT2D eigenvalue weighted by Crippen LogP contribution is -2.49. The number of carbonyl (C=O) groups is 2. The molecule has 4 nitrogen and oxygen atoms in total. The number of hydrogen-bond donors (Lipinski definition) is 2. The molecule has 4 aliphatic carbocycles. The Morgan fingerprint density at radius 2 is 1.60 bits per heavy atom. The third kappa shape index (κ3) is 2.74. The molecule has 4 rings (SSSR count). The van der Waals surface area contributed by atoms with E-state index in [0.29, 0.717) is 6.42 Å². The fraction of sp³-hybridized carbons (Fsp3) is 0.750. The second kappa shape index (κ2) is 5.23. The van der Waals surface area contributed by atoms with E-state index in [1.807, 2.05) is 0 Å². The van der Waals surface area contributed by atoms with E-state index >= 15 is 0 Å². The molecule has 0 atom stereocenters. The van der Waals surface area contributed by atoms with Crippen molar-refractivity contribution < 1.29 is 9.59 Å². The van der Waals surface area contributed by atoms with E-state index in [2.05, 4.69) is 10.9 Å². The fourth-order valence-corrected chi connectivity index (χ4v) is 5.22. The summed E-state index contributed by atoms with van der Waals surface area (Å²) in [5, 5.41) is 0. The van der Waals surface area contributed by atoms with E-state index in [4.69, 9.17) is 0 Å². The summed E-state index contributed by atoms with van der Waals surface area (Å²) in [6.45, 7) is 1.77. The Balaban J connectivity index is 1.55. The monoisotopic (exact) mass is 276 g/mol. The van der Waals surface area contributed by atoms with E-state index in [9.17, 15) is 9.59 Å². The average Bonchev–Trinajstić information content (AvgIpc) is 2.34. The van der Waals surface area contributed by atoms with Crippen LogP contribution in [0.2, 0.25) is 0 Å². The van der Waals surface area contributed by atoms with Crippen molar-refractivity contribution in [2.24, 2.45) is 23.2 Å². The maximum Gasteiger partial charge on any atom is 0.262 e. The Labute approximate surface area is 120 Å². The van der Waals surface area contributed by atoms with Gasteiger partial charge in [-0.2, -0.15) is 0 Å². The first-order valence-corrected chi connectivity index (χ1v) is 7.80. The van der Waals surface area contributed by atoms with Crippen LogP contribution in [0.1, 0.15) is 51.9 Å². The standard InChI is InChI=1S/C16H24N2O2/c1-2-3-14(19)17-18-15(20)10-16-7-11-4-12(8-16)6-13(5-11)9-16/h2-3,11-13H,4-10H2,1H3,(H,17,19)(H,18,20). The van der Waals surface area contributed by atoms with Crippen LogP contribution in [0.5, 0.6) is 0 Å². The summed E-state index contributed by atoms with van der Waals surface area (Å²) in [5.74, 6) is 2.25. The highest BCUT2D eigenvalue weighted by Gasteiger charge is 2.51. The lowest BCUT2D eigenvalue weighted by Gasteiger charge is -2.56. The smallest absolute Gasteiger partial charge is 0.262 e. The molecule has 0 saturated heterocycles. The third-order valence-corrected chi connectivity index (χ3v) is 5.34. The number of carbonyl (C=O) groups excluding carboxylic acids is 2. The average molecular weight is 276 g/mol. The largest absolute Gasteiger partial charge is 0.273 e. The fourth-order valence-electron chi connectivity index (χ4n) is 5.22. The second-order valence-corrected chi connectivity index (χ2v) is 7.13. The Bertz CT molecular complexity index is 406. The summed E-state index contributed by atoms with van der Waals surface area (Å²) in [5.41, 5.74) is 5.22. The number of nitrogens with one attached hydrogen (secondary N) is 2. The Morgan fingerprint density at radius 1 is 1.05 bits per heavy atom. The Morgan fingerprint density at radius 3 is 2.10 bits per heavy atom. The molecule has 0 aliphatic heterocycles. The lowest BCUT2D eigenvalue weighted by molar-refractivity contribution is -0.133. The molecular formula is C16H24N2O2. The van der Waals surface area contributed by atoms with Gasteiger partial charge in [-0.05, 0) is 68.6 Å². The Hall–Kier alpha value is -1.32. The van der Waals surface area contributed by atoms with Crippen molar-refractivity contribution in [2.75, 3.05) is 0 Å². The van der Waals surface area contributed by atoms with Gasteiger partial charge in [0.15, 0.2) is 0 Å². The first-order valence-electron chi connectivity index (χ1n) is 7.80. The van der Waals surface area contributed by atoms with Crippen molar-refractivity contribution in [3.63, 3.8) is 0 Å². The van der Waals surface area contributed by atoms with Gasteiger partial charge in [0.1, 0.15) is 0 Å². The molecule has 2 N–H and O–H groups in total. The van der Waals surface area contributed by atoms with Crippen molar-refractivity contribution in [2.45, 2.75) is 51.9 Å². The molecular weight excluding hydrogens is 252 g/mol. The minimum atomic E-state index is -0.272. The maximum absolute atomic E-state index is 12.1. The number of hydrazine groups is 1. The zero-order chi connectivity index (χ0) is 14.2. The molecule has 0 radical (unpaired) electrons. The molecule has 20 heavy (non-hydrogen) atoms. The van der Waals surface area contributed by atoms with Gasteiger partial charge in [-0.1, -0.05) is 6.08 Å². The predicted molar refractivity (Wildman–Crippen MR) is 76.3 cm³/mol. The van der Waals surface area contributed by atoms with Crippen LogP contribution in [0.3, 0.4) is 0 Å². The van der Waals surface area contributed by atoms with Crippen LogP contribution in [-0.2, 0) is 9.59 Å². The van der Waals surface area contributed by atoms with Gasteiger partial charge in [0, 0.05) is 12.5 Å².